The molecule has 12 heavy (non-hydrogen) atoms. The predicted octanol–water partition coefficient (Wildman–Crippen LogP) is 1.74. The van der Waals surface area contributed by atoms with Crippen molar-refractivity contribution in [1.29, 1.82) is 0 Å². The number of hydrogen-bond acceptors (Lipinski definition) is 2. The van der Waals surface area contributed by atoms with Gasteiger partial charge in [-0.1, -0.05) is 6.07 Å². The molecule has 0 aliphatic rings. The van der Waals surface area contributed by atoms with E-state index < -0.39 is 5.67 Å². The Balaban J connectivity index is 3.02. The minimum Gasteiger partial charge on any atom is -0.325 e. The Bertz CT molecular complexity index is 265. The molecule has 66 valence electrons. The summed E-state index contributed by atoms with van der Waals surface area (Å²) in [5.74, 6) is 0. The van der Waals surface area contributed by atoms with E-state index in [1.54, 1.807) is 18.2 Å². The van der Waals surface area contributed by atoms with Gasteiger partial charge >= 0.3 is 0 Å². The molecule has 0 spiro atoms. The fourth-order valence-electron chi connectivity index (χ4n) is 0.924. The van der Waals surface area contributed by atoms with Gasteiger partial charge in [0.1, 0.15) is 5.67 Å². The van der Waals surface area contributed by atoms with Gasteiger partial charge in [-0.2, -0.15) is 0 Å². The van der Waals surface area contributed by atoms with E-state index >= 15 is 0 Å². The third-order valence-electron chi connectivity index (χ3n) is 1.62. The van der Waals surface area contributed by atoms with E-state index in [9.17, 15) is 4.39 Å². The van der Waals surface area contributed by atoms with Gasteiger partial charge in [-0.3, -0.25) is 4.98 Å². The number of hydrogen-bond donors (Lipinski definition) is 1. The number of aromatic nitrogens is 1. The molecular formula is C9H13FN2. The highest BCUT2D eigenvalue weighted by molar-refractivity contribution is 5.15. The minimum atomic E-state index is -1.38. The Labute approximate surface area is 71.6 Å². The molecule has 3 heteroatoms. The maximum Gasteiger partial charge on any atom is 0.147 e. The number of alkyl halides is 1. The minimum absolute atomic E-state index is 0.351. The van der Waals surface area contributed by atoms with Crippen molar-refractivity contribution in [3.8, 4) is 0 Å². The summed E-state index contributed by atoms with van der Waals surface area (Å²) in [7, 11) is 0. The van der Waals surface area contributed by atoms with E-state index in [4.69, 9.17) is 5.73 Å². The van der Waals surface area contributed by atoms with Crippen LogP contribution in [0.1, 0.15) is 25.2 Å². The van der Waals surface area contributed by atoms with Gasteiger partial charge in [0.25, 0.3) is 0 Å². The number of nitrogens with zero attached hydrogens (tertiary/aromatic N) is 1. The molecule has 1 heterocycles. The van der Waals surface area contributed by atoms with Crippen LogP contribution in [0.3, 0.4) is 0 Å². The average Bonchev–Trinajstić information content (AvgIpc) is 2.03. The van der Waals surface area contributed by atoms with Crippen molar-refractivity contribution in [3.63, 3.8) is 0 Å². The van der Waals surface area contributed by atoms with E-state index in [1.807, 2.05) is 0 Å². The lowest BCUT2D eigenvalue weighted by Gasteiger charge is -2.13. The van der Waals surface area contributed by atoms with Gasteiger partial charge in [-0.25, -0.2) is 4.39 Å². The van der Waals surface area contributed by atoms with Crippen LogP contribution in [0.15, 0.2) is 18.2 Å². The second-order valence-electron chi connectivity index (χ2n) is 3.19. The molecule has 1 aromatic heterocycles. The van der Waals surface area contributed by atoms with Gasteiger partial charge in [0.2, 0.25) is 0 Å². The summed E-state index contributed by atoms with van der Waals surface area (Å²) in [4.78, 5) is 4.06. The molecule has 2 N–H and O–H groups in total. The molecule has 0 aliphatic carbocycles. The normalized spacial score (nSPS) is 11.7. The van der Waals surface area contributed by atoms with Crippen molar-refractivity contribution in [2.24, 2.45) is 5.73 Å². The van der Waals surface area contributed by atoms with Crippen LogP contribution >= 0.6 is 0 Å². The van der Waals surface area contributed by atoms with Crippen LogP contribution < -0.4 is 5.73 Å². The number of pyridine rings is 1. The molecule has 0 amide bonds. The molecule has 0 fully saturated rings. The van der Waals surface area contributed by atoms with Crippen LogP contribution in [-0.2, 0) is 12.2 Å². The van der Waals surface area contributed by atoms with Gasteiger partial charge in [0.15, 0.2) is 0 Å². The summed E-state index contributed by atoms with van der Waals surface area (Å²) in [5.41, 5.74) is 5.15. The summed E-state index contributed by atoms with van der Waals surface area (Å²) in [6.07, 6.45) is 0. The maximum absolute atomic E-state index is 13.3. The summed E-state index contributed by atoms with van der Waals surface area (Å²) in [5, 5.41) is 0. The Hall–Kier alpha value is -0.960. The van der Waals surface area contributed by atoms with Crippen LogP contribution in [0.25, 0.3) is 0 Å². The highest BCUT2D eigenvalue weighted by Gasteiger charge is 2.20. The smallest absolute Gasteiger partial charge is 0.147 e. The SMILES string of the molecule is CC(C)(F)c1cccc(CN)n1. The molecule has 1 rings (SSSR count). The van der Waals surface area contributed by atoms with Crippen molar-refractivity contribution in [2.75, 3.05) is 0 Å². The summed E-state index contributed by atoms with van der Waals surface area (Å²) < 4.78 is 13.3. The van der Waals surface area contributed by atoms with Gasteiger partial charge in [-0.05, 0) is 26.0 Å². The molecule has 0 atom stereocenters. The Kier molecular flexibility index (Phi) is 2.43. The zero-order valence-corrected chi connectivity index (χ0v) is 7.34. The highest BCUT2D eigenvalue weighted by Crippen LogP contribution is 2.22. The number of nitrogens with two attached hydrogens (primary N) is 1. The van der Waals surface area contributed by atoms with E-state index in [0.717, 1.165) is 5.69 Å². The van der Waals surface area contributed by atoms with Gasteiger partial charge in [-0.15, -0.1) is 0 Å². The van der Waals surface area contributed by atoms with Crippen molar-refractivity contribution in [1.82, 2.24) is 4.98 Å². The molecule has 0 saturated carbocycles. The largest absolute Gasteiger partial charge is 0.325 e. The highest BCUT2D eigenvalue weighted by atomic mass is 19.1. The first-order valence-corrected chi connectivity index (χ1v) is 3.89. The van der Waals surface area contributed by atoms with Crippen molar-refractivity contribution >= 4 is 0 Å². The Morgan fingerprint density at radius 1 is 1.50 bits per heavy atom. The molecule has 0 unspecified atom stereocenters. The fourth-order valence-corrected chi connectivity index (χ4v) is 0.924. The van der Waals surface area contributed by atoms with Gasteiger partial charge in [0, 0.05) is 6.54 Å². The van der Waals surface area contributed by atoms with Crippen molar-refractivity contribution in [2.45, 2.75) is 26.1 Å². The lowest BCUT2D eigenvalue weighted by molar-refractivity contribution is 0.214. The molecule has 0 aromatic carbocycles. The molecule has 0 radical (unpaired) electrons. The van der Waals surface area contributed by atoms with E-state index in [1.165, 1.54) is 13.8 Å². The van der Waals surface area contributed by atoms with Crippen molar-refractivity contribution < 1.29 is 4.39 Å². The second kappa shape index (κ2) is 3.19. The van der Waals surface area contributed by atoms with Crippen molar-refractivity contribution in [3.05, 3.63) is 29.6 Å². The Morgan fingerprint density at radius 3 is 2.67 bits per heavy atom. The zero-order valence-electron chi connectivity index (χ0n) is 7.34. The summed E-state index contributed by atoms with van der Waals surface area (Å²) >= 11 is 0. The maximum atomic E-state index is 13.3. The van der Waals surface area contributed by atoms with Gasteiger partial charge < -0.3 is 5.73 Å². The molecule has 0 aliphatic heterocycles. The predicted molar refractivity (Wildman–Crippen MR) is 46.3 cm³/mol. The lowest BCUT2D eigenvalue weighted by atomic mass is 10.1. The third kappa shape index (κ3) is 2.01. The first-order valence-electron chi connectivity index (χ1n) is 3.89. The monoisotopic (exact) mass is 168 g/mol. The molecule has 0 bridgehead atoms. The summed E-state index contributed by atoms with van der Waals surface area (Å²) in [6.45, 7) is 3.31. The average molecular weight is 168 g/mol. The van der Waals surface area contributed by atoms with E-state index in [2.05, 4.69) is 4.98 Å². The molecule has 1 aromatic rings. The van der Waals surface area contributed by atoms with Crippen LogP contribution in [-0.4, -0.2) is 4.98 Å². The van der Waals surface area contributed by atoms with Gasteiger partial charge in [0.05, 0.1) is 11.4 Å². The second-order valence-corrected chi connectivity index (χ2v) is 3.19. The molecular weight excluding hydrogens is 155 g/mol. The summed E-state index contributed by atoms with van der Waals surface area (Å²) in [6, 6.07) is 5.22. The third-order valence-corrected chi connectivity index (χ3v) is 1.62. The molecule has 2 nitrogen and oxygen atoms in total. The lowest BCUT2D eigenvalue weighted by Crippen LogP contribution is -2.13. The number of rotatable bonds is 2. The first-order chi connectivity index (χ1) is 5.54. The molecule has 0 saturated heterocycles. The van der Waals surface area contributed by atoms with E-state index in [0.29, 0.717) is 12.2 Å². The first kappa shape index (κ1) is 9.13. The zero-order chi connectivity index (χ0) is 9.19. The fraction of sp³-hybridized carbons (Fsp3) is 0.444. The quantitative estimate of drug-likeness (QED) is 0.730. The van der Waals surface area contributed by atoms with E-state index in [-0.39, 0.29) is 0 Å². The Morgan fingerprint density at radius 2 is 2.17 bits per heavy atom. The van der Waals surface area contributed by atoms with Crippen LogP contribution in [0.2, 0.25) is 0 Å². The van der Waals surface area contributed by atoms with Crippen LogP contribution in [0.4, 0.5) is 4.39 Å². The van der Waals surface area contributed by atoms with Crippen LogP contribution in [0, 0.1) is 0 Å². The standard InChI is InChI=1S/C9H13FN2/c1-9(2,10)8-5-3-4-7(6-11)12-8/h3-5H,6,11H2,1-2H3. The number of halogens is 1. The van der Waals surface area contributed by atoms with Crippen LogP contribution in [0.5, 0.6) is 0 Å². The topological polar surface area (TPSA) is 38.9 Å².